The zero-order valence-electron chi connectivity index (χ0n) is 18.5. The van der Waals surface area contributed by atoms with E-state index in [4.69, 9.17) is 32.7 Å². The van der Waals surface area contributed by atoms with Crippen molar-refractivity contribution in [2.45, 2.75) is 12.8 Å². The molecule has 1 aliphatic rings. The Kier molecular flexibility index (Phi) is 7.82. The topological polar surface area (TPSA) is 59.9 Å². The quantitative estimate of drug-likeness (QED) is 0.322. The summed E-state index contributed by atoms with van der Waals surface area (Å²) in [5.41, 5.74) is 0.487. The molecule has 3 aromatic carbocycles. The molecule has 0 spiro atoms. The van der Waals surface area contributed by atoms with Crippen LogP contribution in [0.3, 0.4) is 0 Å². The number of hydrogen-bond donors (Lipinski definition) is 1. The number of nitrogens with zero attached hydrogens (tertiary/aromatic N) is 1. The van der Waals surface area contributed by atoms with Crippen molar-refractivity contribution in [2.24, 2.45) is 4.99 Å². The lowest BCUT2D eigenvalue weighted by Gasteiger charge is -2.12. The minimum Gasteiger partial charge on any atom is -0.493 e. The maximum absolute atomic E-state index is 13.1. The van der Waals surface area contributed by atoms with Gasteiger partial charge in [0.05, 0.1) is 28.3 Å². The molecule has 0 radical (unpaired) electrons. The summed E-state index contributed by atoms with van der Waals surface area (Å²) < 4.78 is 50.6. The predicted octanol–water partition coefficient (Wildman–Crippen LogP) is 7.49. The van der Waals surface area contributed by atoms with Gasteiger partial charge in [0.1, 0.15) is 6.61 Å². The van der Waals surface area contributed by atoms with E-state index in [0.29, 0.717) is 27.0 Å². The van der Waals surface area contributed by atoms with Crippen LogP contribution >= 0.6 is 35.0 Å². The maximum atomic E-state index is 13.1. The fourth-order valence-corrected chi connectivity index (χ4v) is 4.47. The van der Waals surface area contributed by atoms with Crippen molar-refractivity contribution >= 4 is 57.8 Å². The Morgan fingerprint density at radius 2 is 1.81 bits per heavy atom. The number of hydrogen-bond acceptors (Lipinski definition) is 5. The van der Waals surface area contributed by atoms with Crippen molar-refractivity contribution in [1.82, 2.24) is 5.32 Å². The van der Waals surface area contributed by atoms with E-state index in [-0.39, 0.29) is 17.5 Å². The molecule has 5 nitrogen and oxygen atoms in total. The van der Waals surface area contributed by atoms with Crippen molar-refractivity contribution in [3.8, 4) is 11.5 Å². The Bertz CT molecular complexity index is 1380. The monoisotopic (exact) mass is 552 g/mol. The molecule has 0 aliphatic carbocycles. The van der Waals surface area contributed by atoms with E-state index in [1.165, 1.54) is 13.2 Å². The van der Waals surface area contributed by atoms with E-state index in [1.807, 2.05) is 18.2 Å². The van der Waals surface area contributed by atoms with Crippen LogP contribution < -0.4 is 14.8 Å². The Morgan fingerprint density at radius 3 is 2.53 bits per heavy atom. The van der Waals surface area contributed by atoms with Crippen LogP contribution in [0.2, 0.25) is 10.0 Å². The molecule has 4 rings (SSSR count). The van der Waals surface area contributed by atoms with Gasteiger partial charge in [0.25, 0.3) is 5.91 Å². The number of carbonyl (C=O) groups is 1. The molecule has 186 valence electrons. The van der Waals surface area contributed by atoms with Crippen LogP contribution in [0.1, 0.15) is 16.7 Å². The van der Waals surface area contributed by atoms with Gasteiger partial charge in [-0.25, -0.2) is 4.99 Å². The molecule has 1 saturated heterocycles. The lowest BCUT2D eigenvalue weighted by Crippen LogP contribution is -2.19. The molecule has 1 aliphatic heterocycles. The van der Waals surface area contributed by atoms with Gasteiger partial charge in [-0.3, -0.25) is 4.79 Å². The highest BCUT2D eigenvalue weighted by Crippen LogP contribution is 2.38. The summed E-state index contributed by atoms with van der Waals surface area (Å²) in [5, 5.41) is 2.86. The lowest BCUT2D eigenvalue weighted by atomic mass is 10.2. The molecule has 1 amide bonds. The summed E-state index contributed by atoms with van der Waals surface area (Å²) >= 11 is 12.8. The summed E-state index contributed by atoms with van der Waals surface area (Å²) in [6, 6.07) is 15.8. The number of aliphatic imine (C=N–C) groups is 1. The number of thioether (sulfide) groups is 1. The van der Waals surface area contributed by atoms with Crippen LogP contribution in [-0.2, 0) is 17.6 Å². The second kappa shape index (κ2) is 10.9. The van der Waals surface area contributed by atoms with Crippen molar-refractivity contribution in [2.75, 3.05) is 7.11 Å². The van der Waals surface area contributed by atoms with E-state index in [1.54, 1.807) is 30.3 Å². The summed E-state index contributed by atoms with van der Waals surface area (Å²) in [7, 11) is 1.50. The SMILES string of the molecule is COc1cc(C=C2SC(=Nc3ccc(Cl)c(C(F)(F)F)c3)NC2=O)ccc1OCc1ccccc1Cl. The molecule has 11 heteroatoms. The Labute approximate surface area is 218 Å². The molecule has 1 N–H and O–H groups in total. The average Bonchev–Trinajstić information content (AvgIpc) is 3.17. The third-order valence-corrected chi connectivity index (χ3v) is 6.57. The van der Waals surface area contributed by atoms with Crippen molar-refractivity contribution in [3.63, 3.8) is 0 Å². The number of rotatable bonds is 6. The molecule has 1 heterocycles. The second-order valence-corrected chi connectivity index (χ2v) is 9.28. The predicted molar refractivity (Wildman–Crippen MR) is 136 cm³/mol. The largest absolute Gasteiger partial charge is 0.493 e. The molecule has 0 aromatic heterocycles. The molecular weight excluding hydrogens is 536 g/mol. The lowest BCUT2D eigenvalue weighted by molar-refractivity contribution is -0.137. The zero-order valence-corrected chi connectivity index (χ0v) is 20.9. The van der Waals surface area contributed by atoms with Crippen molar-refractivity contribution < 1.29 is 27.4 Å². The van der Waals surface area contributed by atoms with Crippen LogP contribution in [0.5, 0.6) is 11.5 Å². The number of benzene rings is 3. The number of amides is 1. The Balaban J connectivity index is 1.51. The molecule has 36 heavy (non-hydrogen) atoms. The van der Waals surface area contributed by atoms with Gasteiger partial charge < -0.3 is 14.8 Å². The first-order valence-corrected chi connectivity index (χ1v) is 11.9. The highest BCUT2D eigenvalue weighted by atomic mass is 35.5. The van der Waals surface area contributed by atoms with E-state index < -0.39 is 22.7 Å². The number of ether oxygens (including phenoxy) is 2. The Morgan fingerprint density at radius 1 is 1.03 bits per heavy atom. The third kappa shape index (κ3) is 6.16. The van der Waals surface area contributed by atoms with Gasteiger partial charge in [-0.1, -0.05) is 47.5 Å². The molecular formula is C25H17Cl2F3N2O3S. The summed E-state index contributed by atoms with van der Waals surface area (Å²) in [6.07, 6.45) is -3.00. The van der Waals surface area contributed by atoms with Gasteiger partial charge in [-0.05, 0) is 59.8 Å². The van der Waals surface area contributed by atoms with Gasteiger partial charge in [0.15, 0.2) is 16.7 Å². The van der Waals surface area contributed by atoms with Gasteiger partial charge in [-0.15, -0.1) is 0 Å². The number of methoxy groups -OCH3 is 1. The van der Waals surface area contributed by atoms with Crippen LogP contribution in [0, 0.1) is 0 Å². The fourth-order valence-electron chi connectivity index (χ4n) is 3.21. The first-order chi connectivity index (χ1) is 17.1. The van der Waals surface area contributed by atoms with Gasteiger partial charge in [-0.2, -0.15) is 13.2 Å². The maximum Gasteiger partial charge on any atom is 0.417 e. The smallest absolute Gasteiger partial charge is 0.417 e. The van der Waals surface area contributed by atoms with Crippen LogP contribution in [0.15, 0.2) is 70.6 Å². The van der Waals surface area contributed by atoms with Crippen LogP contribution in [0.25, 0.3) is 6.08 Å². The van der Waals surface area contributed by atoms with Crippen LogP contribution in [0.4, 0.5) is 18.9 Å². The average molecular weight is 553 g/mol. The molecule has 1 fully saturated rings. The van der Waals surface area contributed by atoms with E-state index in [0.717, 1.165) is 29.5 Å². The number of halogens is 5. The minimum absolute atomic E-state index is 0.0115. The first-order valence-electron chi connectivity index (χ1n) is 10.3. The highest BCUT2D eigenvalue weighted by molar-refractivity contribution is 8.18. The third-order valence-electron chi connectivity index (χ3n) is 4.96. The van der Waals surface area contributed by atoms with Crippen molar-refractivity contribution in [1.29, 1.82) is 0 Å². The summed E-state index contributed by atoms with van der Waals surface area (Å²) in [5.74, 6) is 0.518. The Hall–Kier alpha value is -3.14. The fraction of sp³-hybridized carbons (Fsp3) is 0.120. The molecule has 0 saturated carbocycles. The second-order valence-electron chi connectivity index (χ2n) is 7.43. The molecule has 0 bridgehead atoms. The molecule has 0 unspecified atom stereocenters. The standard InChI is InChI=1S/C25H17Cl2F3N2O3S/c1-34-21-10-14(6-9-20(21)35-13-15-4-2-3-5-18(15)26)11-22-23(33)32-24(36-22)31-16-7-8-19(27)17(12-16)25(28,29)30/h2-12H,13H2,1H3,(H,31,32,33). The number of nitrogens with one attached hydrogen (secondary N) is 1. The van der Waals surface area contributed by atoms with E-state index in [9.17, 15) is 18.0 Å². The van der Waals surface area contributed by atoms with Gasteiger partial charge >= 0.3 is 6.18 Å². The number of amidine groups is 1. The summed E-state index contributed by atoms with van der Waals surface area (Å²) in [6.45, 7) is 0.245. The molecule has 0 atom stereocenters. The normalized spacial score (nSPS) is 15.9. The first kappa shape index (κ1) is 25.9. The zero-order chi connectivity index (χ0) is 25.9. The molecule has 3 aromatic rings. The van der Waals surface area contributed by atoms with Crippen molar-refractivity contribution in [3.05, 3.63) is 92.3 Å². The number of alkyl halides is 3. The van der Waals surface area contributed by atoms with E-state index >= 15 is 0 Å². The van der Waals surface area contributed by atoms with Crippen LogP contribution in [-0.4, -0.2) is 18.2 Å². The minimum atomic E-state index is -4.62. The van der Waals surface area contributed by atoms with Gasteiger partial charge in [0.2, 0.25) is 0 Å². The van der Waals surface area contributed by atoms with E-state index in [2.05, 4.69) is 10.3 Å². The summed E-state index contributed by atoms with van der Waals surface area (Å²) in [4.78, 5) is 16.8. The highest BCUT2D eigenvalue weighted by Gasteiger charge is 2.33. The number of carbonyl (C=O) groups excluding carboxylic acids is 1. The van der Waals surface area contributed by atoms with Gasteiger partial charge in [0, 0.05) is 10.6 Å².